The Labute approximate surface area is 162 Å². The van der Waals surface area contributed by atoms with Crippen molar-refractivity contribution in [1.29, 1.82) is 0 Å². The second-order valence-corrected chi connectivity index (χ2v) is 7.79. The smallest absolute Gasteiger partial charge is 0.303 e. The molecule has 0 unspecified atom stereocenters. The van der Waals surface area contributed by atoms with Crippen LogP contribution in [0.5, 0.6) is 5.88 Å². The summed E-state index contributed by atoms with van der Waals surface area (Å²) in [7, 11) is 0. The number of aromatic nitrogens is 1. The number of rotatable bonds is 6. The molecule has 1 fully saturated rings. The van der Waals surface area contributed by atoms with E-state index in [0.29, 0.717) is 12.5 Å². The number of carboxylic acid groups (broad SMARTS) is 1. The molecule has 0 bridgehead atoms. The van der Waals surface area contributed by atoms with Crippen LogP contribution >= 0.6 is 11.8 Å². The first-order valence-electron chi connectivity index (χ1n) is 9.08. The third-order valence-corrected chi connectivity index (χ3v) is 6.08. The first kappa shape index (κ1) is 18.1. The van der Waals surface area contributed by atoms with Gasteiger partial charge < -0.3 is 19.5 Å². The third-order valence-electron chi connectivity index (χ3n) is 4.84. The van der Waals surface area contributed by atoms with Gasteiger partial charge in [-0.3, -0.25) is 4.79 Å². The lowest BCUT2D eigenvalue weighted by molar-refractivity contribution is -0.137. The van der Waals surface area contributed by atoms with Gasteiger partial charge in [0.1, 0.15) is 6.61 Å². The van der Waals surface area contributed by atoms with Gasteiger partial charge in [0.2, 0.25) is 5.88 Å². The summed E-state index contributed by atoms with van der Waals surface area (Å²) in [4.78, 5) is 18.7. The Kier molecular flexibility index (Phi) is 5.50. The van der Waals surface area contributed by atoms with Crippen LogP contribution in [0.25, 0.3) is 0 Å². The minimum Gasteiger partial charge on any atom is -0.481 e. The van der Waals surface area contributed by atoms with Crippen molar-refractivity contribution < 1.29 is 19.4 Å². The maximum absolute atomic E-state index is 11.0. The van der Waals surface area contributed by atoms with E-state index in [0.717, 1.165) is 48.1 Å². The fourth-order valence-corrected chi connectivity index (χ4v) is 4.67. The monoisotopic (exact) mass is 386 g/mol. The number of pyridine rings is 1. The predicted molar refractivity (Wildman–Crippen MR) is 104 cm³/mol. The lowest BCUT2D eigenvalue weighted by Gasteiger charge is -2.29. The Morgan fingerprint density at radius 3 is 3.00 bits per heavy atom. The summed E-state index contributed by atoms with van der Waals surface area (Å²) >= 11 is 1.67. The summed E-state index contributed by atoms with van der Waals surface area (Å²) in [6.07, 6.45) is 1.92. The van der Waals surface area contributed by atoms with Crippen LogP contribution in [0, 0.1) is 0 Å². The van der Waals surface area contributed by atoms with Gasteiger partial charge in [-0.15, -0.1) is 11.8 Å². The Hall–Kier alpha value is -2.25. The van der Waals surface area contributed by atoms with Crippen LogP contribution in [0.1, 0.15) is 23.5 Å². The van der Waals surface area contributed by atoms with E-state index in [-0.39, 0.29) is 12.3 Å². The molecular formula is C20H22N2O4S. The molecule has 1 aromatic carbocycles. The number of hydrogen-bond acceptors (Lipinski definition) is 6. The second kappa shape index (κ2) is 8.19. The fourth-order valence-electron chi connectivity index (χ4n) is 3.42. The minimum absolute atomic E-state index is 0.0363. The predicted octanol–water partition coefficient (Wildman–Crippen LogP) is 3.16. The number of aliphatic carboxylic acids is 1. The van der Waals surface area contributed by atoms with E-state index in [2.05, 4.69) is 28.1 Å². The van der Waals surface area contributed by atoms with E-state index in [1.165, 1.54) is 5.69 Å². The number of nitrogens with zero attached hydrogens (tertiary/aromatic N) is 2. The van der Waals surface area contributed by atoms with E-state index >= 15 is 0 Å². The summed E-state index contributed by atoms with van der Waals surface area (Å²) in [6.45, 7) is 3.80. The first-order chi connectivity index (χ1) is 13.2. The van der Waals surface area contributed by atoms with Gasteiger partial charge in [-0.2, -0.15) is 0 Å². The lowest BCUT2D eigenvalue weighted by Crippen LogP contribution is -2.36. The number of anilines is 1. The molecule has 0 aliphatic carbocycles. The van der Waals surface area contributed by atoms with Crippen molar-refractivity contribution in [2.24, 2.45) is 0 Å². The van der Waals surface area contributed by atoms with Crippen LogP contribution in [-0.4, -0.2) is 48.1 Å². The number of fused-ring (bicyclic) bond motifs is 1. The molecule has 0 spiro atoms. The summed E-state index contributed by atoms with van der Waals surface area (Å²) < 4.78 is 11.3. The van der Waals surface area contributed by atoms with Crippen LogP contribution in [0.3, 0.4) is 0 Å². The topological polar surface area (TPSA) is 71.9 Å². The van der Waals surface area contributed by atoms with Crippen LogP contribution in [0.2, 0.25) is 0 Å². The minimum atomic E-state index is -0.770. The van der Waals surface area contributed by atoms with Gasteiger partial charge in [0.15, 0.2) is 0 Å². The van der Waals surface area contributed by atoms with Crippen molar-refractivity contribution in [3.8, 4) is 5.88 Å². The molecule has 2 aliphatic heterocycles. The highest BCUT2D eigenvalue weighted by atomic mass is 32.2. The Morgan fingerprint density at radius 1 is 1.33 bits per heavy atom. The number of hydrogen-bond donors (Lipinski definition) is 1. The van der Waals surface area contributed by atoms with E-state index in [1.54, 1.807) is 18.0 Å². The number of morpholine rings is 1. The molecule has 4 rings (SSSR count). The van der Waals surface area contributed by atoms with Crippen molar-refractivity contribution in [2.75, 3.05) is 37.0 Å². The quantitative estimate of drug-likeness (QED) is 0.817. The molecule has 142 valence electrons. The zero-order valence-corrected chi connectivity index (χ0v) is 15.8. The molecule has 3 heterocycles. The Morgan fingerprint density at radius 2 is 2.19 bits per heavy atom. The lowest BCUT2D eigenvalue weighted by atomic mass is 10.00. The molecule has 27 heavy (non-hydrogen) atoms. The van der Waals surface area contributed by atoms with Crippen molar-refractivity contribution in [2.45, 2.75) is 23.8 Å². The summed E-state index contributed by atoms with van der Waals surface area (Å²) in [5.41, 5.74) is 3.30. The van der Waals surface area contributed by atoms with Crippen LogP contribution in [0.15, 0.2) is 41.4 Å². The van der Waals surface area contributed by atoms with E-state index in [1.807, 2.05) is 12.1 Å². The molecular weight excluding hydrogens is 364 g/mol. The van der Waals surface area contributed by atoms with Gasteiger partial charge in [-0.05, 0) is 23.3 Å². The van der Waals surface area contributed by atoms with Crippen molar-refractivity contribution in [3.05, 3.63) is 47.7 Å². The molecule has 1 N–H and O–H groups in total. The highest BCUT2D eigenvalue weighted by molar-refractivity contribution is 7.99. The van der Waals surface area contributed by atoms with Gasteiger partial charge in [0.05, 0.1) is 19.6 Å². The van der Waals surface area contributed by atoms with Gasteiger partial charge >= 0.3 is 5.97 Å². The second-order valence-electron chi connectivity index (χ2n) is 6.72. The van der Waals surface area contributed by atoms with Crippen molar-refractivity contribution in [3.63, 3.8) is 0 Å². The Balaban J connectivity index is 1.40. The van der Waals surface area contributed by atoms with Gasteiger partial charge in [0, 0.05) is 47.6 Å². The first-order valence-corrected chi connectivity index (χ1v) is 10.1. The molecule has 0 amide bonds. The van der Waals surface area contributed by atoms with Gasteiger partial charge in [-0.25, -0.2) is 4.98 Å². The Bertz CT molecular complexity index is 823. The molecule has 1 saturated heterocycles. The van der Waals surface area contributed by atoms with E-state index < -0.39 is 5.97 Å². The largest absolute Gasteiger partial charge is 0.481 e. The molecule has 0 saturated carbocycles. The number of benzene rings is 1. The van der Waals surface area contributed by atoms with E-state index in [9.17, 15) is 4.79 Å². The number of ether oxygens (including phenoxy) is 2. The number of carbonyl (C=O) groups is 1. The fraction of sp³-hybridized carbons (Fsp3) is 0.400. The average molecular weight is 386 g/mol. The van der Waals surface area contributed by atoms with E-state index in [4.69, 9.17) is 14.6 Å². The molecule has 1 atom stereocenters. The highest BCUT2D eigenvalue weighted by Crippen LogP contribution is 2.42. The summed E-state index contributed by atoms with van der Waals surface area (Å²) in [5, 5.41) is 9.02. The number of thioether (sulfide) groups is 1. The summed E-state index contributed by atoms with van der Waals surface area (Å²) in [6, 6.07) is 10.3. The molecule has 7 heteroatoms. The average Bonchev–Trinajstić information content (AvgIpc) is 3.09. The summed E-state index contributed by atoms with van der Waals surface area (Å²) in [5.74, 6) is 0.631. The molecule has 2 aromatic rings. The zero-order chi connectivity index (χ0) is 18.6. The van der Waals surface area contributed by atoms with Gasteiger partial charge in [-0.1, -0.05) is 12.1 Å². The molecule has 1 aromatic heterocycles. The SMILES string of the molecule is O=C(O)C[C@@H]1CSc2cc(OCc3cccc(N4CCOCC4)c3)ncc21. The van der Waals surface area contributed by atoms with Crippen molar-refractivity contribution >= 4 is 23.4 Å². The molecule has 6 nitrogen and oxygen atoms in total. The molecule has 0 radical (unpaired) electrons. The standard InChI is InChI=1S/C20H22N2O4S/c23-20(24)9-15-13-27-18-10-19(21-11-17(15)18)26-12-14-2-1-3-16(8-14)22-4-6-25-7-5-22/h1-3,8,10-11,15H,4-7,9,12-13H2,(H,23,24)/t15-/m1/s1. The van der Waals surface area contributed by atoms with Crippen LogP contribution in [0.4, 0.5) is 5.69 Å². The van der Waals surface area contributed by atoms with Gasteiger partial charge in [0.25, 0.3) is 0 Å². The normalized spacial score (nSPS) is 19.0. The number of carboxylic acids is 1. The zero-order valence-electron chi connectivity index (χ0n) is 15.0. The van der Waals surface area contributed by atoms with Crippen molar-refractivity contribution in [1.82, 2.24) is 4.98 Å². The molecule has 2 aliphatic rings. The highest BCUT2D eigenvalue weighted by Gasteiger charge is 2.26. The maximum Gasteiger partial charge on any atom is 0.303 e. The van der Waals surface area contributed by atoms with Crippen LogP contribution < -0.4 is 9.64 Å². The maximum atomic E-state index is 11.0. The third kappa shape index (κ3) is 4.36. The van der Waals surface area contributed by atoms with Crippen LogP contribution in [-0.2, 0) is 16.1 Å².